The summed E-state index contributed by atoms with van der Waals surface area (Å²) in [6, 6.07) is 18.3. The van der Waals surface area contributed by atoms with Crippen LogP contribution in [0.4, 0.5) is 5.69 Å². The molecule has 34 heavy (non-hydrogen) atoms. The number of halogens is 1. The first-order valence-electron chi connectivity index (χ1n) is 11.5. The first kappa shape index (κ1) is 24.0. The number of nitrogens with one attached hydrogen (secondary N) is 1. The fraction of sp³-hybridized carbons (Fsp3) is 0.296. The predicted molar refractivity (Wildman–Crippen MR) is 138 cm³/mol. The lowest BCUT2D eigenvalue weighted by Gasteiger charge is -2.31. The van der Waals surface area contributed by atoms with Crippen LogP contribution in [0.25, 0.3) is 10.8 Å². The standard InChI is InChI=1S/C27H28BrN3O3/c1-4-17(2)29-26(33)18(3)30(15-19-8-5-11-21(28)14-19)24(32)16-31-23-13-7-10-20-9-6-12-22(25(20)23)27(31)34/h5-14,17-18H,4,15-16H2,1-3H3,(H,29,33). The van der Waals surface area contributed by atoms with Gasteiger partial charge in [0.15, 0.2) is 0 Å². The number of hydrogen-bond donors (Lipinski definition) is 1. The molecule has 0 radical (unpaired) electrons. The van der Waals surface area contributed by atoms with Gasteiger partial charge in [0, 0.05) is 28.0 Å². The van der Waals surface area contributed by atoms with E-state index >= 15 is 0 Å². The van der Waals surface area contributed by atoms with Crippen LogP contribution in [0.5, 0.6) is 0 Å². The smallest absolute Gasteiger partial charge is 0.259 e. The molecule has 7 heteroatoms. The quantitative estimate of drug-likeness (QED) is 0.458. The minimum absolute atomic E-state index is 0.00466. The van der Waals surface area contributed by atoms with Crippen molar-refractivity contribution in [1.29, 1.82) is 0 Å². The van der Waals surface area contributed by atoms with Crippen molar-refractivity contribution in [1.82, 2.24) is 10.2 Å². The van der Waals surface area contributed by atoms with Gasteiger partial charge in [-0.3, -0.25) is 19.3 Å². The summed E-state index contributed by atoms with van der Waals surface area (Å²) in [6.07, 6.45) is 0.794. The number of benzene rings is 3. The molecule has 1 heterocycles. The Kier molecular flexibility index (Phi) is 7.03. The lowest BCUT2D eigenvalue weighted by atomic mass is 10.1. The van der Waals surface area contributed by atoms with Gasteiger partial charge in [0.1, 0.15) is 12.6 Å². The molecule has 176 valence electrons. The highest BCUT2D eigenvalue weighted by molar-refractivity contribution is 9.10. The highest BCUT2D eigenvalue weighted by Crippen LogP contribution is 2.37. The summed E-state index contributed by atoms with van der Waals surface area (Å²) >= 11 is 3.47. The maximum Gasteiger partial charge on any atom is 0.259 e. The van der Waals surface area contributed by atoms with Crippen LogP contribution in [0.3, 0.4) is 0 Å². The van der Waals surface area contributed by atoms with Crippen LogP contribution >= 0.6 is 15.9 Å². The second-order valence-corrected chi connectivity index (χ2v) is 9.63. The summed E-state index contributed by atoms with van der Waals surface area (Å²) in [4.78, 5) is 42.9. The van der Waals surface area contributed by atoms with Gasteiger partial charge in [0.2, 0.25) is 11.8 Å². The zero-order valence-corrected chi connectivity index (χ0v) is 21.1. The van der Waals surface area contributed by atoms with Gasteiger partial charge in [-0.05, 0) is 55.5 Å². The van der Waals surface area contributed by atoms with Gasteiger partial charge in [-0.1, -0.05) is 59.3 Å². The highest BCUT2D eigenvalue weighted by atomic mass is 79.9. The van der Waals surface area contributed by atoms with Crippen LogP contribution < -0.4 is 10.2 Å². The second kappa shape index (κ2) is 9.97. The van der Waals surface area contributed by atoms with Crippen molar-refractivity contribution in [2.24, 2.45) is 0 Å². The molecule has 0 saturated carbocycles. The lowest BCUT2D eigenvalue weighted by Crippen LogP contribution is -2.52. The van der Waals surface area contributed by atoms with Crippen LogP contribution in [0, 0.1) is 0 Å². The lowest BCUT2D eigenvalue weighted by molar-refractivity contribution is -0.139. The van der Waals surface area contributed by atoms with Gasteiger partial charge in [0.25, 0.3) is 5.91 Å². The molecule has 4 rings (SSSR count). The fourth-order valence-electron chi connectivity index (χ4n) is 4.24. The molecule has 0 spiro atoms. The average molecular weight is 522 g/mol. The number of nitrogens with zero attached hydrogens (tertiary/aromatic N) is 2. The molecule has 3 aromatic carbocycles. The maximum absolute atomic E-state index is 13.6. The minimum Gasteiger partial charge on any atom is -0.352 e. The Labute approximate surface area is 208 Å². The summed E-state index contributed by atoms with van der Waals surface area (Å²) in [7, 11) is 0. The molecule has 0 bridgehead atoms. The van der Waals surface area contributed by atoms with E-state index in [0.29, 0.717) is 5.56 Å². The van der Waals surface area contributed by atoms with Crippen molar-refractivity contribution in [2.45, 2.75) is 45.8 Å². The third-order valence-electron chi connectivity index (χ3n) is 6.35. The van der Waals surface area contributed by atoms with Crippen molar-refractivity contribution in [3.8, 4) is 0 Å². The maximum atomic E-state index is 13.6. The summed E-state index contributed by atoms with van der Waals surface area (Å²) in [5.41, 5.74) is 2.22. The molecule has 0 aliphatic carbocycles. The normalized spacial score (nSPS) is 14.2. The number of carbonyl (C=O) groups is 3. The molecular formula is C27H28BrN3O3. The molecule has 0 aromatic heterocycles. The van der Waals surface area contributed by atoms with Gasteiger partial charge < -0.3 is 10.2 Å². The SMILES string of the molecule is CCC(C)NC(=O)C(C)N(Cc1cccc(Br)c1)C(=O)CN1C(=O)c2cccc3cccc1c23. The molecule has 1 aliphatic rings. The molecule has 6 nitrogen and oxygen atoms in total. The average Bonchev–Trinajstić information content (AvgIpc) is 3.10. The monoisotopic (exact) mass is 521 g/mol. The highest BCUT2D eigenvalue weighted by Gasteiger charge is 2.34. The van der Waals surface area contributed by atoms with Crippen LogP contribution in [0.15, 0.2) is 65.1 Å². The van der Waals surface area contributed by atoms with Gasteiger partial charge in [-0.15, -0.1) is 0 Å². The fourth-order valence-corrected chi connectivity index (χ4v) is 4.69. The molecule has 2 atom stereocenters. The van der Waals surface area contributed by atoms with E-state index in [9.17, 15) is 14.4 Å². The summed E-state index contributed by atoms with van der Waals surface area (Å²) in [5.74, 6) is -0.694. The predicted octanol–water partition coefficient (Wildman–Crippen LogP) is 4.89. The largest absolute Gasteiger partial charge is 0.352 e. The molecular weight excluding hydrogens is 494 g/mol. The Morgan fingerprint density at radius 3 is 2.47 bits per heavy atom. The zero-order valence-electron chi connectivity index (χ0n) is 19.5. The van der Waals surface area contributed by atoms with Gasteiger partial charge >= 0.3 is 0 Å². The molecule has 2 unspecified atom stereocenters. The summed E-state index contributed by atoms with van der Waals surface area (Å²) in [5, 5.41) is 4.80. The molecule has 3 aromatic rings. The van der Waals surface area contributed by atoms with E-state index in [1.807, 2.05) is 68.4 Å². The molecule has 1 N–H and O–H groups in total. The van der Waals surface area contributed by atoms with E-state index in [1.165, 1.54) is 4.90 Å². The van der Waals surface area contributed by atoms with Crippen molar-refractivity contribution in [3.63, 3.8) is 0 Å². The van der Waals surface area contributed by atoms with Gasteiger partial charge in [-0.25, -0.2) is 0 Å². The first-order chi connectivity index (χ1) is 16.3. The van der Waals surface area contributed by atoms with Crippen molar-refractivity contribution >= 4 is 50.1 Å². The molecule has 0 saturated heterocycles. The van der Waals surface area contributed by atoms with Gasteiger partial charge in [0.05, 0.1) is 5.69 Å². The Morgan fingerprint density at radius 2 is 1.76 bits per heavy atom. The van der Waals surface area contributed by atoms with Crippen molar-refractivity contribution in [3.05, 3.63) is 76.3 Å². The minimum atomic E-state index is -0.698. The first-order valence-corrected chi connectivity index (χ1v) is 12.3. The van der Waals surface area contributed by atoms with Crippen LogP contribution in [0.2, 0.25) is 0 Å². The van der Waals surface area contributed by atoms with Crippen LogP contribution in [-0.4, -0.2) is 41.2 Å². The van der Waals surface area contributed by atoms with E-state index in [1.54, 1.807) is 17.9 Å². The van der Waals surface area contributed by atoms with E-state index in [2.05, 4.69) is 21.2 Å². The molecule has 1 aliphatic heterocycles. The van der Waals surface area contributed by atoms with Crippen molar-refractivity contribution < 1.29 is 14.4 Å². The van der Waals surface area contributed by atoms with Gasteiger partial charge in [-0.2, -0.15) is 0 Å². The van der Waals surface area contributed by atoms with E-state index < -0.39 is 6.04 Å². The number of rotatable bonds is 8. The Balaban J connectivity index is 1.62. The van der Waals surface area contributed by atoms with Crippen LogP contribution in [-0.2, 0) is 16.1 Å². The number of amides is 3. The third-order valence-corrected chi connectivity index (χ3v) is 6.85. The van der Waals surface area contributed by atoms with E-state index in [-0.39, 0.29) is 36.9 Å². The Bertz CT molecular complexity index is 1250. The number of carbonyl (C=O) groups excluding carboxylic acids is 3. The zero-order chi connectivity index (χ0) is 24.4. The molecule has 0 fully saturated rings. The second-order valence-electron chi connectivity index (χ2n) is 8.72. The summed E-state index contributed by atoms with van der Waals surface area (Å²) in [6.45, 7) is 5.78. The third kappa shape index (κ3) is 4.71. The summed E-state index contributed by atoms with van der Waals surface area (Å²) < 4.78 is 0.894. The van der Waals surface area contributed by atoms with E-state index in [4.69, 9.17) is 0 Å². The Hall–Kier alpha value is -3.19. The van der Waals surface area contributed by atoms with E-state index in [0.717, 1.165) is 32.9 Å². The Morgan fingerprint density at radius 1 is 1.06 bits per heavy atom. The van der Waals surface area contributed by atoms with Crippen LogP contribution in [0.1, 0.15) is 43.1 Å². The topological polar surface area (TPSA) is 69.7 Å². The molecule has 3 amide bonds. The van der Waals surface area contributed by atoms with Crippen molar-refractivity contribution in [2.75, 3.05) is 11.4 Å². The number of anilines is 1. The number of hydrogen-bond acceptors (Lipinski definition) is 3.